The molecule has 0 aliphatic heterocycles. The van der Waals surface area contributed by atoms with Crippen LogP contribution < -0.4 is 5.56 Å². The van der Waals surface area contributed by atoms with E-state index in [4.69, 9.17) is 0 Å². The van der Waals surface area contributed by atoms with Gasteiger partial charge in [-0.1, -0.05) is 0 Å². The van der Waals surface area contributed by atoms with Crippen molar-refractivity contribution in [2.24, 2.45) is 7.05 Å². The molecule has 78 valence electrons. The van der Waals surface area contributed by atoms with Crippen LogP contribution in [0.1, 0.15) is 6.92 Å². The van der Waals surface area contributed by atoms with Crippen LogP contribution >= 0.6 is 0 Å². The Morgan fingerprint density at radius 2 is 2.00 bits per heavy atom. The van der Waals surface area contributed by atoms with E-state index in [2.05, 4.69) is 15.6 Å². The van der Waals surface area contributed by atoms with Crippen molar-refractivity contribution in [2.45, 2.75) is 13.5 Å². The van der Waals surface area contributed by atoms with Crippen LogP contribution in [0.3, 0.4) is 0 Å². The fraction of sp³-hybridized carbons (Fsp3) is 0.273. The van der Waals surface area contributed by atoms with E-state index < -0.39 is 0 Å². The number of aromatic nitrogens is 2. The Balaban J connectivity index is 3.10. The van der Waals surface area contributed by atoms with Gasteiger partial charge in [-0.2, -0.15) is 0 Å². The van der Waals surface area contributed by atoms with E-state index >= 15 is 0 Å². The van der Waals surface area contributed by atoms with Crippen molar-refractivity contribution in [1.29, 1.82) is 0 Å². The molecule has 0 fully saturated rings. The molecule has 1 heterocycles. The van der Waals surface area contributed by atoms with Gasteiger partial charge in [-0.25, -0.2) is 0 Å². The van der Waals surface area contributed by atoms with Gasteiger partial charge in [0.2, 0.25) is 0 Å². The Bertz CT molecular complexity index is 625. The summed E-state index contributed by atoms with van der Waals surface area (Å²) in [4.78, 5) is 12.1. The molecule has 0 unspecified atom stereocenters. The van der Waals surface area contributed by atoms with Gasteiger partial charge in [-0.3, -0.25) is 0 Å². The third-order valence-electron chi connectivity index (χ3n) is 2.58. The van der Waals surface area contributed by atoms with Crippen LogP contribution in [-0.4, -0.2) is 24.7 Å². The molecule has 4 heteroatoms. The average molecular weight is 267 g/mol. The maximum atomic E-state index is 12.1. The van der Waals surface area contributed by atoms with Crippen molar-refractivity contribution in [3.63, 3.8) is 0 Å². The van der Waals surface area contributed by atoms with Crippen molar-refractivity contribution in [3.8, 4) is 0 Å². The van der Waals surface area contributed by atoms with Gasteiger partial charge in [0.05, 0.1) is 0 Å². The van der Waals surface area contributed by atoms with Crippen LogP contribution in [0.4, 0.5) is 0 Å². The molecule has 0 N–H and O–H groups in total. The summed E-state index contributed by atoms with van der Waals surface area (Å²) in [5, 5.41) is 0.765. The Hall–Kier alpha value is -1.12. The van der Waals surface area contributed by atoms with Gasteiger partial charge in [-0.05, 0) is 0 Å². The molecular formula is C11H12N2OSe. The predicted octanol–water partition coefficient (Wildman–Crippen LogP) is 1.06. The zero-order valence-electron chi connectivity index (χ0n) is 8.73. The van der Waals surface area contributed by atoms with Gasteiger partial charge in [0, 0.05) is 0 Å². The number of fused-ring (bicyclic) bond motifs is 1. The number of para-hydroxylation sites is 1. The molecule has 1 aromatic heterocycles. The number of hydrogen-bond donors (Lipinski definition) is 0. The second-order valence-corrected chi connectivity index (χ2v) is 4.17. The first-order valence-electron chi connectivity index (χ1n) is 4.85. The van der Waals surface area contributed by atoms with E-state index in [9.17, 15) is 4.79 Å². The van der Waals surface area contributed by atoms with Crippen molar-refractivity contribution in [3.05, 3.63) is 38.9 Å². The minimum atomic E-state index is 0.0694. The molecule has 0 aliphatic carbocycles. The molecule has 0 spiro atoms. The molecule has 0 aliphatic rings. The molecule has 15 heavy (non-hydrogen) atoms. The summed E-state index contributed by atoms with van der Waals surface area (Å²) in [5.41, 5.74) is 1.03. The molecule has 1 aromatic carbocycles. The van der Waals surface area contributed by atoms with Crippen molar-refractivity contribution in [1.82, 2.24) is 9.13 Å². The zero-order chi connectivity index (χ0) is 11.0. The summed E-state index contributed by atoms with van der Waals surface area (Å²) in [6.07, 6.45) is 0. The zero-order valence-corrected chi connectivity index (χ0v) is 10.4. The van der Waals surface area contributed by atoms with Gasteiger partial charge >= 0.3 is 95.1 Å². The van der Waals surface area contributed by atoms with Crippen LogP contribution in [0.15, 0.2) is 29.1 Å². The van der Waals surface area contributed by atoms with Crippen LogP contribution in [0.2, 0.25) is 0 Å². The summed E-state index contributed by atoms with van der Waals surface area (Å²) in [5.74, 6) is 0. The Morgan fingerprint density at radius 1 is 1.33 bits per heavy atom. The molecule has 3 nitrogen and oxygen atoms in total. The van der Waals surface area contributed by atoms with E-state index in [1.807, 2.05) is 42.8 Å². The number of aryl methyl sites for hydroxylation is 1. The van der Waals surface area contributed by atoms with Crippen molar-refractivity contribution < 1.29 is 0 Å². The third-order valence-corrected chi connectivity index (χ3v) is 3.61. The van der Waals surface area contributed by atoms with Gasteiger partial charge in [0.1, 0.15) is 0 Å². The molecule has 0 atom stereocenters. The van der Waals surface area contributed by atoms with Crippen LogP contribution in [0, 0.1) is 4.32 Å². The molecular weight excluding hydrogens is 255 g/mol. The van der Waals surface area contributed by atoms with Crippen LogP contribution in [0.5, 0.6) is 0 Å². The second-order valence-electron chi connectivity index (χ2n) is 3.41. The monoisotopic (exact) mass is 268 g/mol. The van der Waals surface area contributed by atoms with Crippen LogP contribution in [-0.2, 0) is 13.6 Å². The number of rotatable bonds is 1. The van der Waals surface area contributed by atoms with Gasteiger partial charge in [0.15, 0.2) is 0 Å². The summed E-state index contributed by atoms with van der Waals surface area (Å²) < 4.78 is 4.60. The number of nitrogens with zero attached hydrogens (tertiary/aromatic N) is 2. The Kier molecular flexibility index (Phi) is 2.63. The predicted molar refractivity (Wildman–Crippen MR) is 61.9 cm³/mol. The van der Waals surface area contributed by atoms with E-state index in [-0.39, 0.29) is 5.56 Å². The SMILES string of the molecule is CCn1c(=O)c2ccccc2n(C)c1=[Se]. The fourth-order valence-electron chi connectivity index (χ4n) is 1.74. The van der Waals surface area contributed by atoms with Crippen LogP contribution in [0.25, 0.3) is 10.9 Å². The summed E-state index contributed by atoms with van der Waals surface area (Å²) in [6.45, 7) is 2.65. The van der Waals surface area contributed by atoms with Crippen molar-refractivity contribution >= 4 is 26.5 Å². The molecule has 0 bridgehead atoms. The van der Waals surface area contributed by atoms with E-state index in [0.29, 0.717) is 6.54 Å². The summed E-state index contributed by atoms with van der Waals surface area (Å²) >= 11 is 2.95. The molecule has 0 radical (unpaired) electrons. The number of hydrogen-bond acceptors (Lipinski definition) is 1. The molecule has 0 saturated heterocycles. The van der Waals surface area contributed by atoms with E-state index in [0.717, 1.165) is 15.2 Å². The first-order valence-corrected chi connectivity index (χ1v) is 5.71. The molecule has 0 amide bonds. The molecule has 0 saturated carbocycles. The van der Waals surface area contributed by atoms with Crippen molar-refractivity contribution in [2.75, 3.05) is 0 Å². The fourth-order valence-corrected chi connectivity index (χ4v) is 2.39. The second kappa shape index (κ2) is 3.80. The standard InChI is InChI=1S/C11H12N2OSe/c1-3-13-10(14)8-6-4-5-7-9(8)12(2)11(13)15/h4-7H,3H2,1-2H3. The summed E-state index contributed by atoms with van der Waals surface area (Å²) in [7, 11) is 1.96. The van der Waals surface area contributed by atoms with E-state index in [1.165, 1.54) is 0 Å². The molecule has 2 aromatic rings. The maximum absolute atomic E-state index is 12.1. The average Bonchev–Trinajstić information content (AvgIpc) is 2.27. The minimum absolute atomic E-state index is 0.0694. The first kappa shape index (κ1) is 10.4. The Labute approximate surface area is 95.3 Å². The first-order chi connectivity index (χ1) is 7.16. The molecule has 2 rings (SSSR count). The normalized spacial score (nSPS) is 10.8. The van der Waals surface area contributed by atoms with Gasteiger partial charge in [-0.15, -0.1) is 0 Å². The van der Waals surface area contributed by atoms with Gasteiger partial charge < -0.3 is 0 Å². The number of benzene rings is 1. The quantitative estimate of drug-likeness (QED) is 0.710. The summed E-state index contributed by atoms with van der Waals surface area (Å²) in [6, 6.07) is 7.65. The van der Waals surface area contributed by atoms with E-state index in [1.54, 1.807) is 4.57 Å². The van der Waals surface area contributed by atoms with Gasteiger partial charge in [0.25, 0.3) is 0 Å². The topological polar surface area (TPSA) is 26.9 Å². The Morgan fingerprint density at radius 3 is 2.67 bits per heavy atom. The third kappa shape index (κ3) is 1.50.